The first kappa shape index (κ1) is 26.3. The molecule has 1 saturated carbocycles. The highest BCUT2D eigenvalue weighted by Gasteiger charge is 2.63. The number of primary amides is 1. The number of phenols is 1. The third-order valence-corrected chi connectivity index (χ3v) is 8.68. The lowest BCUT2D eigenvalue weighted by atomic mass is 9.58. The predicted octanol–water partition coefficient (Wildman–Crippen LogP) is 1.63. The van der Waals surface area contributed by atoms with Gasteiger partial charge < -0.3 is 35.9 Å². The fraction of sp³-hybridized carbons (Fsp3) is 0.414. The van der Waals surface area contributed by atoms with Gasteiger partial charge in [0.1, 0.15) is 34.4 Å². The van der Waals surface area contributed by atoms with Crippen molar-refractivity contribution in [3.63, 3.8) is 0 Å². The minimum absolute atomic E-state index is 0.0234. The van der Waals surface area contributed by atoms with Gasteiger partial charge in [-0.15, -0.1) is 0 Å². The molecule has 1 amide bonds. The maximum atomic E-state index is 13.9. The van der Waals surface area contributed by atoms with Gasteiger partial charge >= 0.3 is 0 Å². The van der Waals surface area contributed by atoms with Crippen LogP contribution in [0.4, 0.5) is 0 Å². The lowest BCUT2D eigenvalue weighted by Crippen LogP contribution is -2.63. The first-order valence-electron chi connectivity index (χ1n) is 13.3. The number of nitrogens with two attached hydrogens (primary N) is 1. The number of benzene rings is 1. The first-order chi connectivity index (χ1) is 18.9. The Morgan fingerprint density at radius 3 is 2.52 bits per heavy atom. The zero-order valence-electron chi connectivity index (χ0n) is 22.1. The number of phenolic OH excluding ortho intramolecular Hbond substituents is 1. The van der Waals surface area contributed by atoms with E-state index in [0.717, 1.165) is 18.6 Å². The van der Waals surface area contributed by atoms with Crippen molar-refractivity contribution in [2.75, 3.05) is 14.1 Å². The lowest BCUT2D eigenvalue weighted by molar-refractivity contribution is -0.148. The van der Waals surface area contributed by atoms with Crippen molar-refractivity contribution in [1.29, 1.82) is 0 Å². The second-order valence-corrected chi connectivity index (χ2v) is 11.4. The molecule has 1 aromatic heterocycles. The van der Waals surface area contributed by atoms with Crippen molar-refractivity contribution >= 4 is 17.5 Å². The van der Waals surface area contributed by atoms with Crippen LogP contribution in [0.2, 0.25) is 0 Å². The van der Waals surface area contributed by atoms with E-state index in [0.29, 0.717) is 29.5 Å². The number of nitrogens with zero attached hydrogens (tertiary/aromatic N) is 1. The summed E-state index contributed by atoms with van der Waals surface area (Å²) in [6.07, 6.45) is 2.49. The molecule has 1 heterocycles. The van der Waals surface area contributed by atoms with Gasteiger partial charge in [-0.1, -0.05) is 0 Å². The van der Waals surface area contributed by atoms with Gasteiger partial charge in [-0.3, -0.25) is 19.3 Å². The van der Waals surface area contributed by atoms with Crippen molar-refractivity contribution in [1.82, 2.24) is 10.2 Å². The Labute approximate surface area is 229 Å². The number of likely N-dealkylation sites (N-methyl/N-ethyl adjacent to an activating group) is 1. The number of aliphatic hydroxyl groups is 3. The summed E-state index contributed by atoms with van der Waals surface area (Å²) in [5.74, 6) is -5.53. The van der Waals surface area contributed by atoms with Crippen molar-refractivity contribution in [3.05, 3.63) is 63.8 Å². The molecule has 40 heavy (non-hydrogen) atoms. The number of aromatic hydroxyl groups is 1. The number of hydrogen-bond acceptors (Lipinski definition) is 10. The summed E-state index contributed by atoms with van der Waals surface area (Å²) in [4.78, 5) is 40.9. The number of rotatable bonds is 6. The Hall–Kier alpha value is -3.93. The highest BCUT2D eigenvalue weighted by molar-refractivity contribution is 6.24. The summed E-state index contributed by atoms with van der Waals surface area (Å²) in [7, 11) is 3.19. The van der Waals surface area contributed by atoms with Gasteiger partial charge in [0.15, 0.2) is 11.4 Å². The number of fused-ring (bicyclic) bond motifs is 3. The maximum absolute atomic E-state index is 13.9. The maximum Gasteiger partial charge on any atom is 0.255 e. The van der Waals surface area contributed by atoms with E-state index >= 15 is 0 Å². The number of nitrogens with one attached hydrogen (secondary N) is 1. The largest absolute Gasteiger partial charge is 0.510 e. The smallest absolute Gasteiger partial charge is 0.255 e. The molecule has 11 nitrogen and oxygen atoms in total. The van der Waals surface area contributed by atoms with Crippen LogP contribution in [0.5, 0.6) is 5.75 Å². The first-order valence-corrected chi connectivity index (χ1v) is 13.3. The molecule has 7 N–H and O–H groups in total. The second-order valence-electron chi connectivity index (χ2n) is 11.4. The minimum atomic E-state index is -2.66. The number of carbonyl (C=O) groups excluding carboxylic acids is 3. The van der Waals surface area contributed by atoms with E-state index in [9.17, 15) is 34.8 Å². The number of aliphatic hydroxyl groups excluding tert-OH is 2. The van der Waals surface area contributed by atoms with E-state index in [1.54, 1.807) is 26.2 Å². The van der Waals surface area contributed by atoms with Crippen molar-refractivity contribution in [3.8, 4) is 17.1 Å². The van der Waals surface area contributed by atoms with E-state index < -0.39 is 58.0 Å². The van der Waals surface area contributed by atoms with Gasteiger partial charge in [0.2, 0.25) is 5.78 Å². The molecule has 4 aliphatic rings. The Morgan fingerprint density at radius 1 is 1.15 bits per heavy atom. The van der Waals surface area contributed by atoms with Crippen LogP contribution in [0.15, 0.2) is 51.3 Å². The lowest BCUT2D eigenvalue weighted by Gasteiger charge is -2.50. The van der Waals surface area contributed by atoms with E-state index in [1.807, 2.05) is 6.07 Å². The molecule has 4 aliphatic carbocycles. The highest BCUT2D eigenvalue weighted by atomic mass is 16.4. The zero-order valence-corrected chi connectivity index (χ0v) is 22.1. The summed E-state index contributed by atoms with van der Waals surface area (Å²) in [5, 5.41) is 48.1. The fourth-order valence-electron chi connectivity index (χ4n) is 6.63. The topological polar surface area (TPSA) is 187 Å². The molecule has 1 aromatic carbocycles. The second kappa shape index (κ2) is 9.05. The van der Waals surface area contributed by atoms with E-state index in [2.05, 4.69) is 5.32 Å². The Balaban J connectivity index is 1.46. The molecule has 0 aliphatic heterocycles. The molecular weight excluding hydrogens is 518 g/mol. The third-order valence-electron chi connectivity index (χ3n) is 8.68. The van der Waals surface area contributed by atoms with Crippen LogP contribution in [0.3, 0.4) is 0 Å². The Kier molecular flexibility index (Phi) is 5.95. The van der Waals surface area contributed by atoms with Crippen LogP contribution in [0, 0.1) is 11.8 Å². The summed E-state index contributed by atoms with van der Waals surface area (Å²) in [6.45, 7) is 0.567. The highest BCUT2D eigenvalue weighted by Crippen LogP contribution is 2.53. The number of allylic oxidation sites excluding steroid dienone is 1. The molecule has 11 heteroatoms. The van der Waals surface area contributed by atoms with Crippen LogP contribution >= 0.6 is 0 Å². The quantitative estimate of drug-likeness (QED) is 0.289. The molecule has 210 valence electrons. The Bertz CT molecular complexity index is 1530. The van der Waals surface area contributed by atoms with E-state index in [1.165, 1.54) is 11.0 Å². The number of Topliss-reactive ketones (excluding diaryl/α,β-unsaturated/α-hetero) is 2. The van der Waals surface area contributed by atoms with Crippen LogP contribution in [0.25, 0.3) is 11.3 Å². The molecule has 0 unspecified atom stereocenters. The average Bonchev–Trinajstić information content (AvgIpc) is 3.60. The third kappa shape index (κ3) is 3.72. The number of amides is 1. The van der Waals surface area contributed by atoms with Gasteiger partial charge in [0, 0.05) is 23.1 Å². The standard InChI is InChI=1S/C29H31N3O8/c1-32(2)23-17-10-12-9-16-15(19-8-5-14(40-19)11-31-13-3-4-13)6-7-18(33)21(16)24(34)20(12)26(36)29(17,39)27(37)22(25(23)35)28(30)38/h5-8,12-13,17,23,31,33,35-36,39H,3-4,9-11H2,1-2H3,(H2,30,38)/t12-,17-,23+,29-/m1/s1. The van der Waals surface area contributed by atoms with Gasteiger partial charge in [-0.05, 0) is 75.5 Å². The van der Waals surface area contributed by atoms with E-state index in [4.69, 9.17) is 10.2 Å². The van der Waals surface area contributed by atoms with Crippen LogP contribution in [0.1, 0.15) is 40.9 Å². The molecule has 1 fully saturated rings. The molecule has 0 bridgehead atoms. The summed E-state index contributed by atoms with van der Waals surface area (Å²) >= 11 is 0. The molecule has 4 atom stereocenters. The SMILES string of the molecule is CN(C)[C@@H]1C(O)=C(C(N)=O)C(=O)[C@]2(O)C(O)=C3C(=O)c4c(O)ccc(-c5ccc(CNC6CC6)o5)c4C[C@@H]3C[C@H]12. The van der Waals surface area contributed by atoms with Crippen LogP contribution in [-0.4, -0.2) is 74.6 Å². The molecular formula is C29H31N3O8. The van der Waals surface area contributed by atoms with E-state index in [-0.39, 0.29) is 29.7 Å². The monoisotopic (exact) mass is 549 g/mol. The van der Waals surface area contributed by atoms with Gasteiger partial charge in [0.05, 0.1) is 18.2 Å². The van der Waals surface area contributed by atoms with Crippen molar-refractivity contribution in [2.45, 2.75) is 49.9 Å². The number of ketones is 2. The van der Waals surface area contributed by atoms with Gasteiger partial charge in [-0.25, -0.2) is 0 Å². The number of furan rings is 1. The van der Waals surface area contributed by atoms with Gasteiger partial charge in [0.25, 0.3) is 5.91 Å². The van der Waals surface area contributed by atoms with Crippen molar-refractivity contribution < 1.29 is 39.2 Å². The molecule has 6 rings (SSSR count). The van der Waals surface area contributed by atoms with Gasteiger partial charge in [-0.2, -0.15) is 0 Å². The fourth-order valence-corrected chi connectivity index (χ4v) is 6.63. The molecule has 0 spiro atoms. The normalized spacial score (nSPS) is 28.1. The Morgan fingerprint density at radius 2 is 1.88 bits per heavy atom. The predicted molar refractivity (Wildman–Crippen MR) is 141 cm³/mol. The number of hydrogen-bond donors (Lipinski definition) is 6. The average molecular weight is 550 g/mol. The van der Waals surface area contributed by atoms with Crippen LogP contribution in [-0.2, 0) is 22.6 Å². The molecule has 0 saturated heterocycles. The van der Waals surface area contributed by atoms with Crippen molar-refractivity contribution in [2.24, 2.45) is 17.6 Å². The van der Waals surface area contributed by atoms with Crippen LogP contribution < -0.4 is 11.1 Å². The number of carbonyl (C=O) groups is 3. The summed E-state index contributed by atoms with van der Waals surface area (Å²) in [6, 6.07) is 6.16. The minimum Gasteiger partial charge on any atom is -0.510 e. The summed E-state index contributed by atoms with van der Waals surface area (Å²) < 4.78 is 6.07. The zero-order chi connectivity index (χ0) is 28.7. The molecule has 2 aromatic rings. The summed E-state index contributed by atoms with van der Waals surface area (Å²) in [5.41, 5.74) is 2.77. The molecule has 0 radical (unpaired) electrons.